The minimum Gasteiger partial charge on any atom is -0.489 e. The quantitative estimate of drug-likeness (QED) is 0.902. The van der Waals surface area contributed by atoms with E-state index in [0.717, 1.165) is 43.5 Å². The first kappa shape index (κ1) is 12.9. The molecule has 104 valence electrons. The summed E-state index contributed by atoms with van der Waals surface area (Å²) in [6.45, 7) is 2.17. The van der Waals surface area contributed by atoms with E-state index in [0.29, 0.717) is 0 Å². The maximum atomic E-state index is 10.1. The van der Waals surface area contributed by atoms with Gasteiger partial charge in [0.1, 0.15) is 11.9 Å². The summed E-state index contributed by atoms with van der Waals surface area (Å²) in [5.41, 5.74) is 0.693. The predicted molar refractivity (Wildman–Crippen MR) is 75.5 cm³/mol. The third kappa shape index (κ3) is 3.28. The highest BCUT2D eigenvalue weighted by Gasteiger charge is 2.40. The van der Waals surface area contributed by atoms with Crippen LogP contribution in [0.1, 0.15) is 31.2 Å². The van der Waals surface area contributed by atoms with Crippen LogP contribution in [0.4, 0.5) is 0 Å². The van der Waals surface area contributed by atoms with Crippen LogP contribution in [0.3, 0.4) is 0 Å². The molecule has 1 atom stereocenters. The SMILES string of the molecule is CN1CCCC(Oc2ccccc2CC2(O)CC2)C1. The van der Waals surface area contributed by atoms with Crippen molar-refractivity contribution in [3.63, 3.8) is 0 Å². The summed E-state index contributed by atoms with van der Waals surface area (Å²) in [6.07, 6.45) is 5.19. The number of likely N-dealkylation sites (N-methyl/N-ethyl adjacent to an activating group) is 1. The van der Waals surface area contributed by atoms with E-state index in [9.17, 15) is 5.11 Å². The molecular weight excluding hydrogens is 238 g/mol. The third-order valence-corrected chi connectivity index (χ3v) is 4.19. The molecule has 1 saturated carbocycles. The molecule has 0 bridgehead atoms. The Morgan fingerprint density at radius 3 is 2.89 bits per heavy atom. The monoisotopic (exact) mass is 261 g/mol. The van der Waals surface area contributed by atoms with Crippen molar-refractivity contribution in [1.82, 2.24) is 4.90 Å². The average Bonchev–Trinajstić information content (AvgIpc) is 3.10. The fourth-order valence-corrected chi connectivity index (χ4v) is 2.84. The van der Waals surface area contributed by atoms with Gasteiger partial charge in [-0.2, -0.15) is 0 Å². The highest BCUT2D eigenvalue weighted by atomic mass is 16.5. The maximum absolute atomic E-state index is 10.1. The van der Waals surface area contributed by atoms with Gasteiger partial charge in [0.2, 0.25) is 0 Å². The molecule has 1 aromatic rings. The van der Waals surface area contributed by atoms with Crippen molar-refractivity contribution in [2.24, 2.45) is 0 Å². The summed E-state index contributed by atoms with van der Waals surface area (Å²) in [5.74, 6) is 0.961. The van der Waals surface area contributed by atoms with Crippen molar-refractivity contribution < 1.29 is 9.84 Å². The maximum Gasteiger partial charge on any atom is 0.123 e. The van der Waals surface area contributed by atoms with Gasteiger partial charge in [-0.3, -0.25) is 0 Å². The lowest BCUT2D eigenvalue weighted by Crippen LogP contribution is -2.38. The first-order chi connectivity index (χ1) is 9.15. The van der Waals surface area contributed by atoms with Crippen LogP contribution in [-0.4, -0.2) is 41.8 Å². The zero-order chi connectivity index (χ0) is 13.3. The molecule has 1 saturated heterocycles. The number of hydrogen-bond donors (Lipinski definition) is 1. The van der Waals surface area contributed by atoms with Crippen molar-refractivity contribution in [3.8, 4) is 5.75 Å². The first-order valence-corrected chi connectivity index (χ1v) is 7.30. The second-order valence-electron chi connectivity index (χ2n) is 6.15. The molecule has 1 aliphatic carbocycles. The summed E-state index contributed by atoms with van der Waals surface area (Å²) in [6, 6.07) is 8.16. The van der Waals surface area contributed by atoms with Gasteiger partial charge in [0.05, 0.1) is 5.60 Å². The molecule has 1 heterocycles. The lowest BCUT2D eigenvalue weighted by Gasteiger charge is -2.30. The zero-order valence-corrected chi connectivity index (χ0v) is 11.6. The minimum atomic E-state index is -0.456. The molecule has 2 fully saturated rings. The summed E-state index contributed by atoms with van der Waals surface area (Å²) >= 11 is 0. The van der Waals surface area contributed by atoms with Crippen LogP contribution in [-0.2, 0) is 6.42 Å². The highest BCUT2D eigenvalue weighted by molar-refractivity contribution is 5.35. The van der Waals surface area contributed by atoms with E-state index in [1.807, 2.05) is 18.2 Å². The molecule has 1 aliphatic heterocycles. The van der Waals surface area contributed by atoms with Gasteiger partial charge in [-0.15, -0.1) is 0 Å². The standard InChI is InChI=1S/C16H23NO2/c1-17-10-4-6-14(12-17)19-15-7-3-2-5-13(15)11-16(18)8-9-16/h2-3,5,7,14,18H,4,6,8-12H2,1H3. The van der Waals surface area contributed by atoms with Crippen molar-refractivity contribution in [2.45, 2.75) is 43.8 Å². The molecule has 1 N–H and O–H groups in total. The van der Waals surface area contributed by atoms with Crippen molar-refractivity contribution in [2.75, 3.05) is 20.1 Å². The third-order valence-electron chi connectivity index (χ3n) is 4.19. The van der Waals surface area contributed by atoms with Gasteiger partial charge in [-0.25, -0.2) is 0 Å². The average molecular weight is 261 g/mol. The lowest BCUT2D eigenvalue weighted by molar-refractivity contribution is 0.101. The number of benzene rings is 1. The Balaban J connectivity index is 1.69. The summed E-state index contributed by atoms with van der Waals surface area (Å²) in [5, 5.41) is 10.1. The topological polar surface area (TPSA) is 32.7 Å². The Morgan fingerprint density at radius 1 is 1.37 bits per heavy atom. The van der Waals surface area contributed by atoms with Gasteiger partial charge < -0.3 is 14.7 Å². The van der Waals surface area contributed by atoms with Crippen LogP contribution in [0, 0.1) is 0 Å². The van der Waals surface area contributed by atoms with E-state index >= 15 is 0 Å². The number of nitrogens with zero attached hydrogens (tertiary/aromatic N) is 1. The van der Waals surface area contributed by atoms with E-state index in [2.05, 4.69) is 18.0 Å². The van der Waals surface area contributed by atoms with Gasteiger partial charge in [-0.05, 0) is 50.9 Å². The Labute approximate surface area is 115 Å². The second-order valence-corrected chi connectivity index (χ2v) is 6.15. The number of para-hydroxylation sites is 1. The Bertz CT molecular complexity index is 442. The summed E-state index contributed by atoms with van der Waals surface area (Å²) in [4.78, 5) is 2.32. The number of likely N-dealkylation sites (tertiary alicyclic amines) is 1. The molecule has 0 amide bonds. The fraction of sp³-hybridized carbons (Fsp3) is 0.625. The normalized spacial score (nSPS) is 26.1. The summed E-state index contributed by atoms with van der Waals surface area (Å²) in [7, 11) is 2.15. The van der Waals surface area contributed by atoms with Crippen LogP contribution >= 0.6 is 0 Å². The smallest absolute Gasteiger partial charge is 0.123 e. The van der Waals surface area contributed by atoms with Gasteiger partial charge in [0.25, 0.3) is 0 Å². The van der Waals surface area contributed by atoms with E-state index in [1.54, 1.807) is 0 Å². The number of rotatable bonds is 4. The molecular formula is C16H23NO2. The molecule has 19 heavy (non-hydrogen) atoms. The lowest BCUT2D eigenvalue weighted by atomic mass is 10.0. The van der Waals surface area contributed by atoms with E-state index in [1.165, 1.54) is 13.0 Å². The first-order valence-electron chi connectivity index (χ1n) is 7.30. The van der Waals surface area contributed by atoms with Crippen LogP contribution in [0.15, 0.2) is 24.3 Å². The van der Waals surface area contributed by atoms with Gasteiger partial charge in [0, 0.05) is 13.0 Å². The van der Waals surface area contributed by atoms with Gasteiger partial charge >= 0.3 is 0 Å². The van der Waals surface area contributed by atoms with E-state index in [4.69, 9.17) is 4.74 Å². The zero-order valence-electron chi connectivity index (χ0n) is 11.6. The highest BCUT2D eigenvalue weighted by Crippen LogP contribution is 2.40. The van der Waals surface area contributed by atoms with Crippen molar-refractivity contribution in [1.29, 1.82) is 0 Å². The van der Waals surface area contributed by atoms with E-state index in [-0.39, 0.29) is 6.10 Å². The van der Waals surface area contributed by atoms with Crippen LogP contribution in [0.25, 0.3) is 0 Å². The molecule has 1 unspecified atom stereocenters. The van der Waals surface area contributed by atoms with Crippen molar-refractivity contribution >= 4 is 0 Å². The number of aliphatic hydroxyl groups is 1. The molecule has 3 heteroatoms. The molecule has 3 nitrogen and oxygen atoms in total. The Kier molecular flexibility index (Phi) is 3.50. The van der Waals surface area contributed by atoms with E-state index < -0.39 is 5.60 Å². The molecule has 2 aliphatic rings. The van der Waals surface area contributed by atoms with Crippen LogP contribution in [0.2, 0.25) is 0 Å². The molecule has 0 radical (unpaired) electrons. The van der Waals surface area contributed by atoms with Crippen molar-refractivity contribution in [3.05, 3.63) is 29.8 Å². The Hall–Kier alpha value is -1.06. The molecule has 0 aromatic heterocycles. The molecule has 1 aromatic carbocycles. The minimum absolute atomic E-state index is 0.286. The number of ether oxygens (including phenoxy) is 1. The second kappa shape index (κ2) is 5.14. The Morgan fingerprint density at radius 2 is 2.16 bits per heavy atom. The number of piperidine rings is 1. The van der Waals surface area contributed by atoms with Gasteiger partial charge in [-0.1, -0.05) is 18.2 Å². The largest absolute Gasteiger partial charge is 0.489 e. The molecule has 3 rings (SSSR count). The predicted octanol–water partition coefficient (Wildman–Crippen LogP) is 2.23. The summed E-state index contributed by atoms with van der Waals surface area (Å²) < 4.78 is 6.18. The fourth-order valence-electron chi connectivity index (χ4n) is 2.84. The molecule has 0 spiro atoms. The van der Waals surface area contributed by atoms with Crippen LogP contribution < -0.4 is 4.74 Å². The number of hydrogen-bond acceptors (Lipinski definition) is 3. The van der Waals surface area contributed by atoms with Crippen LogP contribution in [0.5, 0.6) is 5.75 Å². The van der Waals surface area contributed by atoms with Gasteiger partial charge in [0.15, 0.2) is 0 Å².